The number of nitrogens with zero attached hydrogens (tertiary/aromatic N) is 1. The summed E-state index contributed by atoms with van der Waals surface area (Å²) in [5, 5.41) is 13.1. The van der Waals surface area contributed by atoms with Gasteiger partial charge in [0, 0.05) is 14.8 Å². The van der Waals surface area contributed by atoms with Gasteiger partial charge in [-0.3, -0.25) is 4.79 Å². The Labute approximate surface area is 175 Å². The van der Waals surface area contributed by atoms with Gasteiger partial charge in [-0.05, 0) is 96.1 Å². The van der Waals surface area contributed by atoms with Crippen LogP contribution in [0.15, 0.2) is 59.0 Å². The molecule has 0 fully saturated rings. The van der Waals surface area contributed by atoms with Gasteiger partial charge in [-0.1, -0.05) is 6.07 Å². The van der Waals surface area contributed by atoms with Crippen LogP contribution in [-0.2, 0) is 0 Å². The third-order valence-corrected chi connectivity index (χ3v) is 5.25. The number of fused-ring (bicyclic) bond motifs is 1. The van der Waals surface area contributed by atoms with Gasteiger partial charge in [-0.15, -0.1) is 0 Å². The fourth-order valence-electron chi connectivity index (χ4n) is 2.91. The average molecular weight is 484 g/mol. The van der Waals surface area contributed by atoms with Crippen molar-refractivity contribution < 1.29 is 14.3 Å². The Balaban J connectivity index is 1.68. The summed E-state index contributed by atoms with van der Waals surface area (Å²) in [5.41, 5.74) is 5.15. The molecule has 1 amide bonds. The van der Waals surface area contributed by atoms with Gasteiger partial charge in [0.25, 0.3) is 5.91 Å². The third-order valence-electron chi connectivity index (χ3n) is 4.58. The highest BCUT2D eigenvalue weighted by Crippen LogP contribution is 2.34. The van der Waals surface area contributed by atoms with Crippen LogP contribution in [0.25, 0.3) is 22.6 Å². The molecule has 0 spiro atoms. The summed E-state index contributed by atoms with van der Waals surface area (Å²) in [7, 11) is 0. The molecule has 1 aromatic heterocycles. The molecule has 0 radical (unpaired) electrons. The lowest BCUT2D eigenvalue weighted by molar-refractivity contribution is 0.102. The molecule has 0 aliphatic rings. The number of carbonyl (C=O) groups excluding carboxylic acids is 1. The van der Waals surface area contributed by atoms with Crippen molar-refractivity contribution in [3.05, 3.63) is 74.9 Å². The predicted molar refractivity (Wildman–Crippen MR) is 118 cm³/mol. The molecule has 0 saturated heterocycles. The number of aryl methyl sites for hydroxylation is 2. The van der Waals surface area contributed by atoms with Crippen LogP contribution in [0.3, 0.4) is 0 Å². The van der Waals surface area contributed by atoms with E-state index in [2.05, 4.69) is 32.9 Å². The minimum Gasteiger partial charge on any atom is -0.507 e. The van der Waals surface area contributed by atoms with Crippen molar-refractivity contribution in [1.82, 2.24) is 4.98 Å². The van der Waals surface area contributed by atoms with Crippen molar-refractivity contribution in [2.24, 2.45) is 0 Å². The molecular weight excluding hydrogens is 467 g/mol. The largest absolute Gasteiger partial charge is 0.507 e. The number of aromatic nitrogens is 1. The van der Waals surface area contributed by atoms with Crippen LogP contribution >= 0.6 is 22.6 Å². The smallest absolute Gasteiger partial charge is 0.255 e. The molecule has 5 nitrogen and oxygen atoms in total. The summed E-state index contributed by atoms with van der Waals surface area (Å²) in [4.78, 5) is 17.0. The predicted octanol–water partition coefficient (Wildman–Crippen LogP) is 5.67. The summed E-state index contributed by atoms with van der Waals surface area (Å²) in [6.07, 6.45) is 0. The van der Waals surface area contributed by atoms with E-state index in [0.717, 1.165) is 20.2 Å². The molecule has 0 aliphatic carbocycles. The molecule has 0 saturated carbocycles. The quantitative estimate of drug-likeness (QED) is 0.290. The lowest BCUT2D eigenvalue weighted by atomic mass is 10.1. The van der Waals surface area contributed by atoms with Crippen LogP contribution in [0.2, 0.25) is 0 Å². The first kappa shape index (κ1) is 18.5. The van der Waals surface area contributed by atoms with E-state index in [1.54, 1.807) is 18.2 Å². The Hall–Kier alpha value is -2.87. The maximum absolute atomic E-state index is 12.5. The molecule has 140 valence electrons. The Morgan fingerprint density at radius 2 is 1.86 bits per heavy atom. The summed E-state index contributed by atoms with van der Waals surface area (Å²) >= 11 is 2.16. The Kier molecular flexibility index (Phi) is 4.80. The van der Waals surface area contributed by atoms with E-state index in [9.17, 15) is 9.90 Å². The van der Waals surface area contributed by atoms with Gasteiger partial charge in [0.05, 0.1) is 5.56 Å². The minimum absolute atomic E-state index is 0.0345. The van der Waals surface area contributed by atoms with Gasteiger partial charge in [0.1, 0.15) is 11.3 Å². The van der Waals surface area contributed by atoms with E-state index in [4.69, 9.17) is 4.42 Å². The topological polar surface area (TPSA) is 75.4 Å². The van der Waals surface area contributed by atoms with E-state index in [0.29, 0.717) is 28.3 Å². The molecule has 28 heavy (non-hydrogen) atoms. The molecule has 4 aromatic rings. The second-order valence-corrected chi connectivity index (χ2v) is 7.87. The number of hydrogen-bond donors (Lipinski definition) is 2. The molecule has 0 atom stereocenters. The van der Waals surface area contributed by atoms with Crippen LogP contribution in [0.1, 0.15) is 21.5 Å². The van der Waals surface area contributed by atoms with E-state index >= 15 is 0 Å². The normalized spacial score (nSPS) is 11.0. The minimum atomic E-state index is -0.223. The Bertz CT molecular complexity index is 1170. The maximum Gasteiger partial charge on any atom is 0.255 e. The summed E-state index contributed by atoms with van der Waals surface area (Å²) in [6.45, 7) is 4.02. The fraction of sp³-hybridized carbons (Fsp3) is 0.0909. The van der Waals surface area contributed by atoms with Crippen molar-refractivity contribution in [3.8, 4) is 17.2 Å². The zero-order valence-corrected chi connectivity index (χ0v) is 17.4. The number of hydrogen-bond acceptors (Lipinski definition) is 4. The first-order chi connectivity index (χ1) is 13.4. The van der Waals surface area contributed by atoms with Crippen molar-refractivity contribution in [3.63, 3.8) is 0 Å². The molecule has 3 aromatic carbocycles. The van der Waals surface area contributed by atoms with Gasteiger partial charge in [-0.25, -0.2) is 4.98 Å². The highest BCUT2D eigenvalue weighted by atomic mass is 127. The molecule has 6 heteroatoms. The van der Waals surface area contributed by atoms with Crippen molar-refractivity contribution in [1.29, 1.82) is 0 Å². The Morgan fingerprint density at radius 1 is 1.07 bits per heavy atom. The van der Waals surface area contributed by atoms with Crippen molar-refractivity contribution >= 4 is 45.3 Å². The number of anilines is 1. The zero-order chi connectivity index (χ0) is 19.8. The second kappa shape index (κ2) is 7.27. The number of oxazole rings is 1. The third kappa shape index (κ3) is 3.60. The number of benzene rings is 3. The highest BCUT2D eigenvalue weighted by Gasteiger charge is 2.15. The molecule has 4 rings (SSSR count). The number of aromatic hydroxyl groups is 1. The fourth-order valence-corrected chi connectivity index (χ4v) is 3.46. The monoisotopic (exact) mass is 484 g/mol. The molecular formula is C22H17IN2O3. The second-order valence-electron chi connectivity index (χ2n) is 6.62. The van der Waals surface area contributed by atoms with Crippen LogP contribution in [0, 0.1) is 17.4 Å². The van der Waals surface area contributed by atoms with E-state index in [-0.39, 0.29) is 11.7 Å². The number of amides is 1. The van der Waals surface area contributed by atoms with E-state index < -0.39 is 0 Å². The van der Waals surface area contributed by atoms with Crippen LogP contribution in [-0.4, -0.2) is 16.0 Å². The number of halogens is 1. The summed E-state index contributed by atoms with van der Waals surface area (Å²) in [6, 6.07) is 16.0. The van der Waals surface area contributed by atoms with E-state index in [1.807, 2.05) is 44.2 Å². The van der Waals surface area contributed by atoms with Crippen LogP contribution in [0.4, 0.5) is 5.69 Å². The van der Waals surface area contributed by atoms with E-state index in [1.165, 1.54) is 6.07 Å². The first-order valence-electron chi connectivity index (χ1n) is 8.69. The maximum atomic E-state index is 12.5. The SMILES string of the molecule is Cc1cc2nc(-c3cc(NC(=O)c4cccc(I)c4)ccc3O)oc2cc1C. The highest BCUT2D eigenvalue weighted by molar-refractivity contribution is 14.1. The lowest BCUT2D eigenvalue weighted by Gasteiger charge is -2.08. The van der Waals surface area contributed by atoms with Gasteiger partial charge in [0.15, 0.2) is 5.58 Å². The summed E-state index contributed by atoms with van der Waals surface area (Å²) in [5.74, 6) is 0.120. The van der Waals surface area contributed by atoms with Crippen LogP contribution in [0.5, 0.6) is 5.75 Å². The average Bonchev–Trinajstić information content (AvgIpc) is 3.06. The van der Waals surface area contributed by atoms with Gasteiger partial charge < -0.3 is 14.8 Å². The zero-order valence-electron chi connectivity index (χ0n) is 15.3. The molecule has 1 heterocycles. The van der Waals surface area contributed by atoms with Gasteiger partial charge in [0.2, 0.25) is 5.89 Å². The van der Waals surface area contributed by atoms with Gasteiger partial charge in [-0.2, -0.15) is 0 Å². The number of carbonyl (C=O) groups is 1. The Morgan fingerprint density at radius 3 is 2.64 bits per heavy atom. The van der Waals surface area contributed by atoms with Crippen molar-refractivity contribution in [2.75, 3.05) is 5.32 Å². The molecule has 0 unspecified atom stereocenters. The standard InChI is InChI=1S/C22H17IN2O3/c1-12-8-18-20(9-13(12)2)28-22(25-18)17-11-16(6-7-19(17)26)24-21(27)14-4-3-5-15(23)10-14/h3-11,26H,1-2H3,(H,24,27). The number of phenolic OH excluding ortho intramolecular Hbond substituents is 1. The van der Waals surface area contributed by atoms with Gasteiger partial charge >= 0.3 is 0 Å². The first-order valence-corrected chi connectivity index (χ1v) is 9.77. The van der Waals surface area contributed by atoms with Crippen molar-refractivity contribution in [2.45, 2.75) is 13.8 Å². The summed E-state index contributed by atoms with van der Waals surface area (Å²) < 4.78 is 6.83. The molecule has 2 N–H and O–H groups in total. The molecule has 0 bridgehead atoms. The number of nitrogens with one attached hydrogen (secondary N) is 1. The molecule has 0 aliphatic heterocycles. The number of rotatable bonds is 3. The number of phenols is 1. The van der Waals surface area contributed by atoms with Crippen LogP contribution < -0.4 is 5.32 Å². The lowest BCUT2D eigenvalue weighted by Crippen LogP contribution is -2.11.